The third-order valence-corrected chi connectivity index (χ3v) is 10.8. The molecule has 2 N–H and O–H groups in total. The van der Waals surface area contributed by atoms with E-state index in [1.807, 2.05) is 24.3 Å². The lowest BCUT2D eigenvalue weighted by atomic mass is 10.0. The molecule has 2 aliphatic rings. The van der Waals surface area contributed by atoms with E-state index in [0.29, 0.717) is 0 Å². The Morgan fingerprint density at radius 3 is 0.767 bits per heavy atom. The van der Waals surface area contributed by atoms with Crippen molar-refractivity contribution < 1.29 is 18.3 Å². The molecule has 0 atom stereocenters. The topological polar surface area (TPSA) is 72.9 Å². The lowest BCUT2D eigenvalue weighted by Gasteiger charge is -2.06. The molecule has 9 rings (SSSR count). The van der Waals surface area contributed by atoms with Crippen LogP contribution in [-0.2, 0) is 26.2 Å². The first-order valence-corrected chi connectivity index (χ1v) is 20.1. The smallest absolute Gasteiger partial charge is 0.169 e. The minimum absolute atomic E-state index is 0.719. The maximum atomic E-state index is 5.45. The van der Waals surface area contributed by atoms with Gasteiger partial charge in [-0.3, -0.25) is 0 Å². The van der Waals surface area contributed by atoms with Crippen molar-refractivity contribution in [3.63, 3.8) is 0 Å². The molecule has 7 aromatic rings. The van der Waals surface area contributed by atoms with E-state index in [-0.39, 0.29) is 0 Å². The van der Waals surface area contributed by atoms with E-state index < -0.39 is 0 Å². The lowest BCUT2D eigenvalue weighted by molar-refractivity contribution is -0.687. The third kappa shape index (κ3) is 7.38. The fourth-order valence-corrected chi connectivity index (χ4v) is 8.00. The van der Waals surface area contributed by atoms with E-state index >= 15 is 0 Å². The standard InChI is InChI=1S/C52H45N8/c1-5-25-57-29-17-37(18-30-57)49-41-9-11-43(53-41)50(38-19-31-58(26-6-2)32-20-38)45-13-15-47(55-45)52(40-23-35-60(28-8-4)36-24-40)48-16-14-46(56-48)51(44-12-10-42(49)54-44)39-21-33-59(27-7-3)34-22-39/h5-24,29-36H,1-4,25-28H2,(H,53,54,55,56)/q+3/p+1. The molecule has 9 heterocycles. The molecule has 0 saturated heterocycles. The predicted octanol–water partition coefficient (Wildman–Crippen LogP) is 9.22. The monoisotopic (exact) mass is 782 g/mol. The van der Waals surface area contributed by atoms with E-state index in [1.54, 1.807) is 0 Å². The minimum atomic E-state index is 0.719. The number of rotatable bonds is 12. The second kappa shape index (κ2) is 16.6. The molecule has 0 spiro atoms. The molecule has 0 saturated carbocycles. The van der Waals surface area contributed by atoms with E-state index in [4.69, 9.17) is 9.97 Å². The van der Waals surface area contributed by atoms with Crippen molar-refractivity contribution in [2.45, 2.75) is 26.2 Å². The maximum Gasteiger partial charge on any atom is 0.169 e. The van der Waals surface area contributed by atoms with Gasteiger partial charge in [-0.25, -0.2) is 28.2 Å². The first kappa shape index (κ1) is 37.7. The zero-order valence-corrected chi connectivity index (χ0v) is 33.5. The van der Waals surface area contributed by atoms with Gasteiger partial charge in [-0.05, 0) is 95.1 Å². The van der Waals surface area contributed by atoms with Crippen LogP contribution in [0.5, 0.6) is 0 Å². The van der Waals surface area contributed by atoms with Crippen LogP contribution in [-0.4, -0.2) is 19.9 Å². The predicted molar refractivity (Wildman–Crippen MR) is 242 cm³/mol. The van der Waals surface area contributed by atoms with Crippen LogP contribution in [0.3, 0.4) is 0 Å². The van der Waals surface area contributed by atoms with Crippen LogP contribution in [0.2, 0.25) is 0 Å². The van der Waals surface area contributed by atoms with Crippen molar-refractivity contribution in [1.82, 2.24) is 19.9 Å². The Kier molecular flexibility index (Phi) is 10.4. The number of hydrogen-bond acceptors (Lipinski definition) is 2. The number of nitrogens with zero attached hydrogens (tertiary/aromatic N) is 6. The quantitative estimate of drug-likeness (QED) is 0.0959. The molecule has 0 amide bonds. The number of allylic oxidation sites excluding steroid dienone is 4. The van der Waals surface area contributed by atoms with Crippen LogP contribution in [0.1, 0.15) is 22.8 Å². The van der Waals surface area contributed by atoms with Gasteiger partial charge in [-0.2, -0.15) is 0 Å². The Labute approximate surface area is 349 Å². The van der Waals surface area contributed by atoms with Crippen LogP contribution >= 0.6 is 0 Å². The number of aromatic amines is 2. The van der Waals surface area contributed by atoms with Gasteiger partial charge in [0.15, 0.2) is 75.8 Å². The molecule has 0 unspecified atom stereocenters. The van der Waals surface area contributed by atoms with Crippen LogP contribution in [0.15, 0.2) is 173 Å². The highest BCUT2D eigenvalue weighted by atomic mass is 14.9. The Morgan fingerprint density at radius 2 is 0.567 bits per heavy atom. The van der Waals surface area contributed by atoms with Gasteiger partial charge in [0.1, 0.15) is 0 Å². The van der Waals surface area contributed by atoms with Gasteiger partial charge in [-0.1, -0.05) is 26.3 Å². The average molecular weight is 783 g/mol. The largest absolute Gasteiger partial charge is 0.354 e. The summed E-state index contributed by atoms with van der Waals surface area (Å²) in [6, 6.07) is 25.8. The van der Waals surface area contributed by atoms with E-state index in [1.165, 1.54) is 0 Å². The van der Waals surface area contributed by atoms with Gasteiger partial charge in [0.2, 0.25) is 0 Å². The third-order valence-electron chi connectivity index (χ3n) is 10.8. The Bertz CT molecular complexity index is 2610. The van der Waals surface area contributed by atoms with Crippen molar-refractivity contribution in [2.24, 2.45) is 0 Å². The number of H-pyrrole nitrogens is 2. The molecule has 8 heteroatoms. The number of pyridine rings is 4. The average Bonchev–Trinajstić information content (AvgIpc) is 4.12. The summed E-state index contributed by atoms with van der Waals surface area (Å²) >= 11 is 0. The molecule has 0 aromatic carbocycles. The van der Waals surface area contributed by atoms with Crippen LogP contribution in [0, 0.1) is 0 Å². The highest BCUT2D eigenvalue weighted by Gasteiger charge is 2.20. The molecular weight excluding hydrogens is 737 g/mol. The lowest BCUT2D eigenvalue weighted by Crippen LogP contribution is -2.31. The molecule has 8 bridgehead atoms. The van der Waals surface area contributed by atoms with Crippen LogP contribution in [0.25, 0.3) is 90.9 Å². The summed E-state index contributed by atoms with van der Waals surface area (Å²) in [7, 11) is 0. The second-order valence-corrected chi connectivity index (χ2v) is 14.8. The van der Waals surface area contributed by atoms with Gasteiger partial charge in [0, 0.05) is 92.9 Å². The first-order valence-electron chi connectivity index (χ1n) is 20.1. The summed E-state index contributed by atoms with van der Waals surface area (Å²) in [6.45, 7) is 18.6. The van der Waals surface area contributed by atoms with Crippen molar-refractivity contribution in [2.75, 3.05) is 0 Å². The fraction of sp³-hybridized carbons (Fsp3) is 0.0769. The normalized spacial score (nSPS) is 11.7. The summed E-state index contributed by atoms with van der Waals surface area (Å²) < 4.78 is 8.44. The molecule has 0 aliphatic carbocycles. The fourth-order valence-electron chi connectivity index (χ4n) is 8.00. The van der Waals surface area contributed by atoms with Crippen molar-refractivity contribution in [3.8, 4) is 44.5 Å². The highest BCUT2D eigenvalue weighted by molar-refractivity contribution is 5.99. The molecule has 2 aliphatic heterocycles. The minimum Gasteiger partial charge on any atom is -0.354 e. The van der Waals surface area contributed by atoms with Gasteiger partial charge in [0.05, 0.1) is 22.8 Å². The first-order chi connectivity index (χ1) is 29.5. The molecule has 0 radical (unpaired) electrons. The number of fused-ring (bicyclic) bond motifs is 8. The van der Waals surface area contributed by atoms with Crippen molar-refractivity contribution in [1.29, 1.82) is 0 Å². The summed E-state index contributed by atoms with van der Waals surface area (Å²) in [5.41, 5.74) is 15.4. The number of nitrogens with one attached hydrogen (secondary N) is 2. The number of aromatic nitrogens is 8. The van der Waals surface area contributed by atoms with Crippen LogP contribution in [0.4, 0.5) is 0 Å². The summed E-state index contributed by atoms with van der Waals surface area (Å²) in [4.78, 5) is 18.6. The van der Waals surface area contributed by atoms with Gasteiger partial charge in [0.25, 0.3) is 0 Å². The highest BCUT2D eigenvalue weighted by Crippen LogP contribution is 2.38. The van der Waals surface area contributed by atoms with Crippen LogP contribution < -0.4 is 18.3 Å². The van der Waals surface area contributed by atoms with E-state index in [2.05, 4.69) is 201 Å². The SMILES string of the molecule is C=CC[n+]1ccc(-c2c3nc(c(-c4cc[n+](CC=C)cc4)c4ccc([nH]4)c(-c4cc[n+](CC=C)cc4)c4nc(c(-c5cc[n+](CC=C)cc5)c5ccc2[nH]5)C=C4)C=C3)cc1. The van der Waals surface area contributed by atoms with E-state index in [9.17, 15) is 0 Å². The summed E-state index contributed by atoms with van der Waals surface area (Å²) in [5.74, 6) is 0. The second-order valence-electron chi connectivity index (χ2n) is 14.8. The molecule has 8 nitrogen and oxygen atoms in total. The van der Waals surface area contributed by atoms with Crippen molar-refractivity contribution >= 4 is 46.4 Å². The van der Waals surface area contributed by atoms with Gasteiger partial charge >= 0.3 is 0 Å². The van der Waals surface area contributed by atoms with Gasteiger partial charge in [-0.15, -0.1) is 0 Å². The zero-order valence-electron chi connectivity index (χ0n) is 33.5. The summed E-state index contributed by atoms with van der Waals surface area (Å²) in [5, 5.41) is 0. The maximum absolute atomic E-state index is 5.45. The molecule has 7 aromatic heterocycles. The summed E-state index contributed by atoms with van der Waals surface area (Å²) in [6.07, 6.45) is 32.8. The number of hydrogen-bond donors (Lipinski definition) is 2. The zero-order chi connectivity index (χ0) is 41.0. The Morgan fingerprint density at radius 1 is 0.350 bits per heavy atom. The Balaban J connectivity index is 1.41. The molecular formula is C52H46N8+4. The Hall–Kier alpha value is -7.84. The molecule has 290 valence electrons. The van der Waals surface area contributed by atoms with Crippen molar-refractivity contribution in [3.05, 3.63) is 196 Å². The molecule has 60 heavy (non-hydrogen) atoms. The van der Waals surface area contributed by atoms with Gasteiger partial charge < -0.3 is 9.97 Å². The molecule has 0 fully saturated rings. The van der Waals surface area contributed by atoms with E-state index in [0.717, 1.165) is 116 Å².